The lowest BCUT2D eigenvalue weighted by atomic mass is 10.1. The number of halogens is 1. The van der Waals surface area contributed by atoms with E-state index in [9.17, 15) is 18.8 Å². The molecule has 1 aromatic heterocycles. The highest BCUT2D eigenvalue weighted by Gasteiger charge is 2.34. The maximum atomic E-state index is 13.9. The van der Waals surface area contributed by atoms with Gasteiger partial charge in [0.05, 0.1) is 12.1 Å². The van der Waals surface area contributed by atoms with Crippen molar-refractivity contribution < 1.29 is 14.0 Å². The molecule has 0 aliphatic heterocycles. The summed E-state index contributed by atoms with van der Waals surface area (Å²) < 4.78 is 15.1. The molecule has 1 aliphatic rings. The fourth-order valence-corrected chi connectivity index (χ4v) is 2.76. The maximum absolute atomic E-state index is 13.9. The van der Waals surface area contributed by atoms with Gasteiger partial charge in [0.25, 0.3) is 17.4 Å². The third-order valence-electron chi connectivity index (χ3n) is 4.54. The first-order chi connectivity index (χ1) is 12.4. The largest absolute Gasteiger partial charge is 0.355 e. The minimum Gasteiger partial charge on any atom is -0.355 e. The number of hydrogen-bond acceptors (Lipinski definition) is 3. The van der Waals surface area contributed by atoms with Crippen molar-refractivity contribution in [3.63, 3.8) is 0 Å². The third-order valence-corrected chi connectivity index (χ3v) is 4.54. The summed E-state index contributed by atoms with van der Waals surface area (Å²) in [5.41, 5.74) is -0.242. The van der Waals surface area contributed by atoms with Crippen LogP contribution in [0.5, 0.6) is 0 Å². The van der Waals surface area contributed by atoms with Crippen molar-refractivity contribution in [3.8, 4) is 0 Å². The first kappa shape index (κ1) is 17.8. The van der Waals surface area contributed by atoms with E-state index in [1.165, 1.54) is 29.9 Å². The molecule has 2 aromatic rings. The van der Waals surface area contributed by atoms with Crippen LogP contribution in [0.15, 0.2) is 41.3 Å². The summed E-state index contributed by atoms with van der Waals surface area (Å²) in [5.74, 6) is -0.984. The Bertz CT molecular complexity index is 922. The maximum Gasteiger partial charge on any atom is 0.263 e. The van der Waals surface area contributed by atoms with E-state index < -0.39 is 17.3 Å². The molecule has 26 heavy (non-hydrogen) atoms. The van der Waals surface area contributed by atoms with E-state index in [-0.39, 0.29) is 29.6 Å². The Kier molecular flexibility index (Phi) is 4.88. The van der Waals surface area contributed by atoms with E-state index in [1.807, 2.05) is 6.92 Å². The Labute approximate surface area is 150 Å². The molecule has 1 unspecified atom stereocenters. The summed E-state index contributed by atoms with van der Waals surface area (Å²) in [5, 5.41) is 5.26. The fourth-order valence-electron chi connectivity index (χ4n) is 2.76. The number of benzene rings is 1. The van der Waals surface area contributed by atoms with Gasteiger partial charge in [0.2, 0.25) is 0 Å². The Morgan fingerprint density at radius 1 is 1.27 bits per heavy atom. The lowest BCUT2D eigenvalue weighted by Gasteiger charge is -2.12. The quantitative estimate of drug-likeness (QED) is 0.852. The van der Waals surface area contributed by atoms with Crippen molar-refractivity contribution in [2.45, 2.75) is 25.9 Å². The number of pyridine rings is 1. The highest BCUT2D eigenvalue weighted by molar-refractivity contribution is 5.99. The van der Waals surface area contributed by atoms with E-state index in [0.717, 1.165) is 6.42 Å². The molecule has 1 aliphatic carbocycles. The number of carbonyl (C=O) groups is 2. The van der Waals surface area contributed by atoms with Crippen LogP contribution in [0.4, 0.5) is 4.39 Å². The lowest BCUT2D eigenvalue weighted by molar-refractivity contribution is 0.0948. The molecule has 0 bridgehead atoms. The molecule has 2 amide bonds. The van der Waals surface area contributed by atoms with Crippen molar-refractivity contribution in [2.75, 3.05) is 7.05 Å². The van der Waals surface area contributed by atoms with Gasteiger partial charge in [-0.25, -0.2) is 4.39 Å². The number of aromatic nitrogens is 1. The van der Waals surface area contributed by atoms with Gasteiger partial charge >= 0.3 is 0 Å². The first-order valence-electron chi connectivity index (χ1n) is 8.41. The van der Waals surface area contributed by atoms with Crippen LogP contribution in [0.2, 0.25) is 0 Å². The SMILES string of the molecule is CNC(=O)c1cc(C(=O)NC2C[C@H]2C)cn(Cc2ccccc2F)c1=O. The summed E-state index contributed by atoms with van der Waals surface area (Å²) in [6, 6.07) is 7.46. The van der Waals surface area contributed by atoms with Crippen molar-refractivity contribution in [2.24, 2.45) is 5.92 Å². The molecule has 0 spiro atoms. The second-order valence-corrected chi connectivity index (χ2v) is 6.54. The molecule has 1 saturated carbocycles. The standard InChI is InChI=1S/C19H20FN3O3/c1-11-7-16(11)22-17(24)13-8-14(18(25)21-2)19(26)23(10-13)9-12-5-3-4-6-15(12)20/h3-6,8,10-11,16H,7,9H2,1-2H3,(H,21,25)(H,22,24)/t11-,16?/m1/s1. The average molecular weight is 357 g/mol. The van der Waals surface area contributed by atoms with Gasteiger partial charge in [-0.3, -0.25) is 14.4 Å². The normalized spacial score (nSPS) is 18.3. The van der Waals surface area contributed by atoms with Gasteiger partial charge in [-0.1, -0.05) is 25.1 Å². The van der Waals surface area contributed by atoms with Crippen LogP contribution in [-0.4, -0.2) is 29.5 Å². The summed E-state index contributed by atoms with van der Waals surface area (Å²) in [7, 11) is 1.40. The molecule has 2 atom stereocenters. The molecule has 1 aromatic carbocycles. The molecule has 136 valence electrons. The summed E-state index contributed by atoms with van der Waals surface area (Å²) in [4.78, 5) is 37.1. The molecule has 2 N–H and O–H groups in total. The van der Waals surface area contributed by atoms with Gasteiger partial charge < -0.3 is 15.2 Å². The van der Waals surface area contributed by atoms with Crippen molar-refractivity contribution in [3.05, 3.63) is 69.4 Å². The van der Waals surface area contributed by atoms with E-state index in [1.54, 1.807) is 18.2 Å². The van der Waals surface area contributed by atoms with Gasteiger partial charge in [0.15, 0.2) is 0 Å². The van der Waals surface area contributed by atoms with Gasteiger partial charge in [0, 0.05) is 24.8 Å². The zero-order valence-corrected chi connectivity index (χ0v) is 14.6. The average Bonchev–Trinajstić information content (AvgIpc) is 3.32. The molecule has 0 radical (unpaired) electrons. The van der Waals surface area contributed by atoms with Crippen molar-refractivity contribution in [1.29, 1.82) is 0 Å². The fraction of sp³-hybridized carbons (Fsp3) is 0.316. The molecule has 1 fully saturated rings. The third kappa shape index (κ3) is 3.66. The highest BCUT2D eigenvalue weighted by atomic mass is 19.1. The van der Waals surface area contributed by atoms with E-state index in [4.69, 9.17) is 0 Å². The predicted octanol–water partition coefficient (Wildman–Crippen LogP) is 1.53. The topological polar surface area (TPSA) is 80.2 Å². The van der Waals surface area contributed by atoms with Gasteiger partial charge in [0.1, 0.15) is 11.4 Å². The number of nitrogens with zero attached hydrogens (tertiary/aromatic N) is 1. The zero-order valence-electron chi connectivity index (χ0n) is 14.6. The molecular formula is C19H20FN3O3. The number of hydrogen-bond donors (Lipinski definition) is 2. The van der Waals surface area contributed by atoms with Crippen LogP contribution in [0.1, 0.15) is 39.6 Å². The summed E-state index contributed by atoms with van der Waals surface area (Å²) >= 11 is 0. The molecular weight excluding hydrogens is 337 g/mol. The van der Waals surface area contributed by atoms with E-state index in [0.29, 0.717) is 11.5 Å². The molecule has 6 nitrogen and oxygen atoms in total. The number of nitrogens with one attached hydrogen (secondary N) is 2. The molecule has 3 rings (SSSR count). The zero-order chi connectivity index (χ0) is 18.8. The summed E-state index contributed by atoms with van der Waals surface area (Å²) in [6.45, 7) is 1.95. The van der Waals surface area contributed by atoms with Crippen LogP contribution in [0, 0.1) is 11.7 Å². The van der Waals surface area contributed by atoms with E-state index in [2.05, 4.69) is 10.6 Å². The van der Waals surface area contributed by atoms with E-state index >= 15 is 0 Å². The Morgan fingerprint density at radius 2 is 1.96 bits per heavy atom. The predicted molar refractivity (Wildman–Crippen MR) is 94.6 cm³/mol. The number of carbonyl (C=O) groups excluding carboxylic acids is 2. The minimum absolute atomic E-state index is 0.0730. The molecule has 0 saturated heterocycles. The Hall–Kier alpha value is -2.96. The number of rotatable bonds is 5. The van der Waals surface area contributed by atoms with Crippen LogP contribution in [0.3, 0.4) is 0 Å². The monoisotopic (exact) mass is 357 g/mol. The van der Waals surface area contributed by atoms with Crippen LogP contribution < -0.4 is 16.2 Å². The van der Waals surface area contributed by atoms with Gasteiger partial charge in [-0.2, -0.15) is 0 Å². The molecule has 7 heteroatoms. The lowest BCUT2D eigenvalue weighted by Crippen LogP contribution is -2.34. The summed E-state index contributed by atoms with van der Waals surface area (Å²) in [6.07, 6.45) is 2.27. The van der Waals surface area contributed by atoms with Crippen LogP contribution in [-0.2, 0) is 6.54 Å². The Balaban J connectivity index is 2.00. The number of amides is 2. The van der Waals surface area contributed by atoms with Gasteiger partial charge in [-0.05, 0) is 24.5 Å². The molecule has 1 heterocycles. The Morgan fingerprint density at radius 3 is 2.58 bits per heavy atom. The van der Waals surface area contributed by atoms with Crippen LogP contribution >= 0.6 is 0 Å². The van der Waals surface area contributed by atoms with Gasteiger partial charge in [-0.15, -0.1) is 0 Å². The van der Waals surface area contributed by atoms with Crippen LogP contribution in [0.25, 0.3) is 0 Å². The van der Waals surface area contributed by atoms with Crippen molar-refractivity contribution >= 4 is 11.8 Å². The first-order valence-corrected chi connectivity index (χ1v) is 8.41. The minimum atomic E-state index is -0.591. The second kappa shape index (κ2) is 7.11. The van der Waals surface area contributed by atoms with Crippen molar-refractivity contribution in [1.82, 2.24) is 15.2 Å². The second-order valence-electron chi connectivity index (χ2n) is 6.54. The highest BCUT2D eigenvalue weighted by Crippen LogP contribution is 2.29. The smallest absolute Gasteiger partial charge is 0.263 e.